The van der Waals surface area contributed by atoms with Crippen molar-refractivity contribution in [1.82, 2.24) is 4.57 Å². The summed E-state index contributed by atoms with van der Waals surface area (Å²) in [5.74, 6) is 0.402. The number of pyridine rings is 1. The summed E-state index contributed by atoms with van der Waals surface area (Å²) >= 11 is 0. The zero-order chi connectivity index (χ0) is 18.2. The quantitative estimate of drug-likeness (QED) is 0.578. The Labute approximate surface area is 153 Å². The van der Waals surface area contributed by atoms with Crippen molar-refractivity contribution in [2.24, 2.45) is 0 Å². The van der Waals surface area contributed by atoms with Crippen molar-refractivity contribution in [1.29, 1.82) is 0 Å². The lowest BCUT2D eigenvalue weighted by Crippen LogP contribution is -2.16. The molecule has 26 heavy (non-hydrogen) atoms. The minimum Gasteiger partial charge on any atom is -0.483 e. The average Bonchev–Trinajstić information content (AvgIpc) is 2.68. The van der Waals surface area contributed by atoms with Gasteiger partial charge in [-0.1, -0.05) is 60.7 Å². The molecule has 0 saturated carbocycles. The molecule has 0 atom stereocenters. The van der Waals surface area contributed by atoms with Gasteiger partial charge >= 0.3 is 0 Å². The Hall–Kier alpha value is -2.85. The number of rotatable bonds is 8. The zero-order valence-electron chi connectivity index (χ0n) is 14.9. The molecule has 0 bridgehead atoms. The first-order chi connectivity index (χ1) is 12.7. The van der Waals surface area contributed by atoms with E-state index in [-0.39, 0.29) is 5.43 Å². The Kier molecular flexibility index (Phi) is 6.23. The topological polar surface area (TPSA) is 40.5 Å². The van der Waals surface area contributed by atoms with Crippen LogP contribution in [0, 0.1) is 6.92 Å². The van der Waals surface area contributed by atoms with E-state index in [1.54, 1.807) is 12.3 Å². The highest BCUT2D eigenvalue weighted by Gasteiger charge is 2.09. The van der Waals surface area contributed by atoms with Gasteiger partial charge in [-0.2, -0.15) is 0 Å². The van der Waals surface area contributed by atoms with Gasteiger partial charge in [0.25, 0.3) is 0 Å². The summed E-state index contributed by atoms with van der Waals surface area (Å²) in [5.41, 5.74) is 2.90. The summed E-state index contributed by atoms with van der Waals surface area (Å²) < 4.78 is 13.5. The standard InChI is InChI=1S/C22H23NO3/c1-18-22(26-17-20-10-6-3-7-11-20)21(24)12-13-23(18)14-15-25-16-19-8-4-2-5-9-19/h2-13H,14-17H2,1H3. The van der Waals surface area contributed by atoms with E-state index in [0.29, 0.717) is 32.1 Å². The largest absolute Gasteiger partial charge is 0.483 e. The van der Waals surface area contributed by atoms with Crippen molar-refractivity contribution in [2.45, 2.75) is 26.7 Å². The molecule has 2 aromatic carbocycles. The van der Waals surface area contributed by atoms with Crippen LogP contribution in [0.4, 0.5) is 0 Å². The third-order valence-corrected chi connectivity index (χ3v) is 4.20. The molecule has 0 aliphatic heterocycles. The van der Waals surface area contributed by atoms with Gasteiger partial charge in [-0.05, 0) is 18.1 Å². The molecule has 0 unspecified atom stereocenters. The SMILES string of the molecule is Cc1c(OCc2ccccc2)c(=O)ccn1CCOCc1ccccc1. The van der Waals surface area contributed by atoms with Gasteiger partial charge in [0.1, 0.15) is 6.61 Å². The van der Waals surface area contributed by atoms with Gasteiger partial charge in [0.2, 0.25) is 5.43 Å². The molecule has 134 valence electrons. The molecule has 1 aromatic heterocycles. The highest BCUT2D eigenvalue weighted by Crippen LogP contribution is 2.14. The molecule has 0 aliphatic carbocycles. The van der Waals surface area contributed by atoms with Crippen molar-refractivity contribution in [2.75, 3.05) is 6.61 Å². The number of aromatic nitrogens is 1. The Morgan fingerprint density at radius 1 is 0.846 bits per heavy atom. The predicted molar refractivity (Wildman–Crippen MR) is 102 cm³/mol. The van der Waals surface area contributed by atoms with Gasteiger partial charge in [-0.15, -0.1) is 0 Å². The fraction of sp³-hybridized carbons (Fsp3) is 0.227. The molecular formula is C22H23NO3. The van der Waals surface area contributed by atoms with Crippen molar-refractivity contribution in [3.8, 4) is 5.75 Å². The normalized spacial score (nSPS) is 10.7. The van der Waals surface area contributed by atoms with Crippen molar-refractivity contribution < 1.29 is 9.47 Å². The molecule has 0 aliphatic rings. The van der Waals surface area contributed by atoms with Crippen LogP contribution >= 0.6 is 0 Å². The fourth-order valence-electron chi connectivity index (χ4n) is 2.73. The van der Waals surface area contributed by atoms with Crippen molar-refractivity contribution in [3.05, 3.63) is 100.0 Å². The van der Waals surface area contributed by atoms with Crippen LogP contribution in [-0.4, -0.2) is 11.2 Å². The summed E-state index contributed by atoms with van der Waals surface area (Å²) in [5, 5.41) is 0. The van der Waals surface area contributed by atoms with E-state index in [0.717, 1.165) is 16.8 Å². The smallest absolute Gasteiger partial charge is 0.223 e. The molecule has 0 N–H and O–H groups in total. The van der Waals surface area contributed by atoms with Crippen LogP contribution in [0.15, 0.2) is 77.7 Å². The van der Waals surface area contributed by atoms with E-state index < -0.39 is 0 Å². The Balaban J connectivity index is 1.58. The van der Waals surface area contributed by atoms with E-state index >= 15 is 0 Å². The summed E-state index contributed by atoms with van der Waals surface area (Å²) in [6, 6.07) is 21.5. The maximum absolute atomic E-state index is 12.2. The molecule has 4 heteroatoms. The highest BCUT2D eigenvalue weighted by atomic mass is 16.5. The van der Waals surface area contributed by atoms with Crippen LogP contribution in [0.2, 0.25) is 0 Å². The minimum absolute atomic E-state index is 0.0973. The maximum Gasteiger partial charge on any atom is 0.223 e. The molecule has 1 heterocycles. The lowest BCUT2D eigenvalue weighted by molar-refractivity contribution is 0.112. The highest BCUT2D eigenvalue weighted by molar-refractivity contribution is 5.28. The average molecular weight is 349 g/mol. The van der Waals surface area contributed by atoms with Crippen LogP contribution in [0.25, 0.3) is 0 Å². The summed E-state index contributed by atoms with van der Waals surface area (Å²) in [4.78, 5) is 12.2. The van der Waals surface area contributed by atoms with E-state index in [1.165, 1.54) is 0 Å². The molecule has 0 amide bonds. The number of hydrogen-bond donors (Lipinski definition) is 0. The molecule has 3 aromatic rings. The second kappa shape index (κ2) is 9.02. The number of nitrogens with zero attached hydrogens (tertiary/aromatic N) is 1. The maximum atomic E-state index is 12.2. The van der Waals surface area contributed by atoms with Crippen molar-refractivity contribution in [3.63, 3.8) is 0 Å². The first-order valence-corrected chi connectivity index (χ1v) is 8.72. The zero-order valence-corrected chi connectivity index (χ0v) is 14.9. The Morgan fingerprint density at radius 3 is 2.12 bits per heavy atom. The molecule has 0 spiro atoms. The Bertz CT molecular complexity index is 873. The van der Waals surface area contributed by atoms with Crippen LogP contribution in [0.1, 0.15) is 16.8 Å². The fourth-order valence-corrected chi connectivity index (χ4v) is 2.73. The molecular weight excluding hydrogens is 326 g/mol. The van der Waals surface area contributed by atoms with Crippen LogP contribution < -0.4 is 10.2 Å². The first-order valence-electron chi connectivity index (χ1n) is 8.72. The monoisotopic (exact) mass is 349 g/mol. The number of benzene rings is 2. The first kappa shape index (κ1) is 18.0. The van der Waals surface area contributed by atoms with Crippen LogP contribution in [-0.2, 0) is 24.5 Å². The number of hydrogen-bond acceptors (Lipinski definition) is 3. The molecule has 0 fully saturated rings. The third kappa shape index (κ3) is 4.83. The molecule has 3 rings (SSSR count). The lowest BCUT2D eigenvalue weighted by Gasteiger charge is -2.15. The molecule has 0 saturated heterocycles. The van der Waals surface area contributed by atoms with E-state index in [4.69, 9.17) is 9.47 Å². The third-order valence-electron chi connectivity index (χ3n) is 4.20. The van der Waals surface area contributed by atoms with Gasteiger partial charge in [0.05, 0.1) is 18.9 Å². The van der Waals surface area contributed by atoms with Gasteiger partial charge < -0.3 is 14.0 Å². The van der Waals surface area contributed by atoms with Gasteiger partial charge in [0, 0.05) is 18.8 Å². The van der Waals surface area contributed by atoms with Crippen LogP contribution in [0.5, 0.6) is 5.75 Å². The summed E-state index contributed by atoms with van der Waals surface area (Å²) in [7, 11) is 0. The Morgan fingerprint density at radius 2 is 1.46 bits per heavy atom. The van der Waals surface area contributed by atoms with E-state index in [2.05, 4.69) is 0 Å². The summed E-state index contributed by atoms with van der Waals surface area (Å²) in [6.45, 7) is 4.10. The van der Waals surface area contributed by atoms with Gasteiger partial charge in [-0.3, -0.25) is 4.79 Å². The van der Waals surface area contributed by atoms with E-state index in [1.807, 2.05) is 72.2 Å². The summed E-state index contributed by atoms with van der Waals surface area (Å²) in [6.07, 6.45) is 1.79. The van der Waals surface area contributed by atoms with Crippen LogP contribution in [0.3, 0.4) is 0 Å². The van der Waals surface area contributed by atoms with Crippen molar-refractivity contribution >= 4 is 0 Å². The number of ether oxygens (including phenoxy) is 2. The molecule has 4 nitrogen and oxygen atoms in total. The predicted octanol–water partition coefficient (Wildman–Crippen LogP) is 3.95. The lowest BCUT2D eigenvalue weighted by atomic mass is 10.2. The van der Waals surface area contributed by atoms with E-state index in [9.17, 15) is 4.79 Å². The molecule has 0 radical (unpaired) electrons. The van der Waals surface area contributed by atoms with Gasteiger partial charge in [-0.25, -0.2) is 0 Å². The minimum atomic E-state index is -0.0973. The second-order valence-corrected chi connectivity index (χ2v) is 6.10. The second-order valence-electron chi connectivity index (χ2n) is 6.10. The van der Waals surface area contributed by atoms with Gasteiger partial charge in [0.15, 0.2) is 5.75 Å².